The number of phosphoric ester groups is 2. The van der Waals surface area contributed by atoms with Crippen LogP contribution in [0.25, 0.3) is 0 Å². The summed E-state index contributed by atoms with van der Waals surface area (Å²) in [5.41, 5.74) is 0. The summed E-state index contributed by atoms with van der Waals surface area (Å²) in [6, 6.07) is 0. The molecule has 0 aromatic heterocycles. The topological polar surface area (TPSA) is 237 Å². The predicted octanol–water partition coefficient (Wildman–Crippen LogP) is 18.1. The predicted molar refractivity (Wildman–Crippen MR) is 340 cm³/mol. The van der Waals surface area contributed by atoms with Gasteiger partial charge in [0.25, 0.3) is 0 Å². The maximum absolute atomic E-state index is 13.0. The molecule has 19 heteroatoms. The first-order chi connectivity index (χ1) is 40.7. The van der Waals surface area contributed by atoms with Crippen LogP contribution < -0.4 is 0 Å². The van der Waals surface area contributed by atoms with E-state index < -0.39 is 97.5 Å². The lowest BCUT2D eigenvalue weighted by Gasteiger charge is -2.21. The van der Waals surface area contributed by atoms with Crippen LogP contribution in [0.2, 0.25) is 0 Å². The number of aliphatic hydroxyl groups excluding tert-OH is 1. The summed E-state index contributed by atoms with van der Waals surface area (Å²) < 4.78 is 68.1. The van der Waals surface area contributed by atoms with Gasteiger partial charge < -0.3 is 33.8 Å². The van der Waals surface area contributed by atoms with Crippen LogP contribution in [0.5, 0.6) is 0 Å². The Hall–Kier alpha value is -1.94. The molecule has 7 atom stereocenters. The molecule has 0 aromatic rings. The average Bonchev–Trinajstić information content (AvgIpc) is 3.63. The number of unbranched alkanes of at least 4 members (excludes halogenated alkanes) is 27. The van der Waals surface area contributed by atoms with E-state index in [4.69, 9.17) is 37.0 Å². The number of rotatable bonds is 63. The van der Waals surface area contributed by atoms with Gasteiger partial charge in [-0.25, -0.2) is 9.13 Å². The highest BCUT2D eigenvalue weighted by molar-refractivity contribution is 7.47. The van der Waals surface area contributed by atoms with Crippen LogP contribution in [0.1, 0.15) is 319 Å². The zero-order chi connectivity index (χ0) is 63.2. The van der Waals surface area contributed by atoms with Crippen LogP contribution in [0, 0.1) is 23.7 Å². The number of esters is 4. The summed E-state index contributed by atoms with van der Waals surface area (Å²) in [4.78, 5) is 72.3. The zero-order valence-corrected chi connectivity index (χ0v) is 57.0. The number of ether oxygens (including phenoxy) is 4. The maximum Gasteiger partial charge on any atom is 0.472 e. The van der Waals surface area contributed by atoms with E-state index in [9.17, 15) is 43.2 Å². The number of hydrogen-bond acceptors (Lipinski definition) is 15. The van der Waals surface area contributed by atoms with E-state index in [-0.39, 0.29) is 25.7 Å². The number of carbonyl (C=O) groups excluding carboxylic acids is 4. The molecule has 0 rings (SSSR count). The van der Waals surface area contributed by atoms with Crippen LogP contribution >= 0.6 is 15.6 Å². The first kappa shape index (κ1) is 83.1. The molecule has 0 aliphatic rings. The van der Waals surface area contributed by atoms with E-state index in [0.717, 1.165) is 108 Å². The fraction of sp³-hybridized carbons (Fsp3) is 0.939. The average molecular weight is 1260 g/mol. The molecule has 0 radical (unpaired) electrons. The third-order valence-corrected chi connectivity index (χ3v) is 17.7. The van der Waals surface area contributed by atoms with Crippen molar-refractivity contribution < 1.29 is 80.2 Å². The van der Waals surface area contributed by atoms with Crippen molar-refractivity contribution in [2.75, 3.05) is 39.6 Å². The maximum atomic E-state index is 13.0. The van der Waals surface area contributed by atoms with Gasteiger partial charge >= 0.3 is 39.5 Å². The largest absolute Gasteiger partial charge is 0.472 e. The van der Waals surface area contributed by atoms with Crippen molar-refractivity contribution in [2.24, 2.45) is 23.7 Å². The molecule has 4 unspecified atom stereocenters. The number of aliphatic hydroxyl groups is 1. The quantitative estimate of drug-likeness (QED) is 0.0222. The molecule has 0 amide bonds. The lowest BCUT2D eigenvalue weighted by molar-refractivity contribution is -0.161. The first-order valence-electron chi connectivity index (χ1n) is 34.3. The Bertz CT molecular complexity index is 1700. The molecule has 0 aromatic carbocycles. The normalized spacial score (nSPS) is 15.0. The van der Waals surface area contributed by atoms with E-state index in [1.54, 1.807) is 0 Å². The van der Waals surface area contributed by atoms with Crippen molar-refractivity contribution in [1.29, 1.82) is 0 Å². The molecule has 17 nitrogen and oxygen atoms in total. The number of phosphoric acid groups is 2. The van der Waals surface area contributed by atoms with Crippen molar-refractivity contribution >= 4 is 39.5 Å². The Labute approximate surface area is 517 Å². The SMILES string of the molecule is CCC(C)CCCCCCCCCCCCC(=O)O[C@H](COC(=O)CCCCCCCCCCC(C)CC)COP(=O)(O)OC[C@@H](O)COP(=O)(O)OC[C@@H](COC(=O)CCCCCCCCC(C)C)OC(=O)CCCCCCCCCC(C)C. The summed E-state index contributed by atoms with van der Waals surface area (Å²) in [7, 11) is -9.89. The van der Waals surface area contributed by atoms with Crippen LogP contribution in [0.3, 0.4) is 0 Å². The molecule has 0 saturated heterocycles. The molecule has 85 heavy (non-hydrogen) atoms. The van der Waals surface area contributed by atoms with Crippen molar-refractivity contribution in [3.63, 3.8) is 0 Å². The highest BCUT2D eigenvalue weighted by Crippen LogP contribution is 2.45. The van der Waals surface area contributed by atoms with Gasteiger partial charge in [0.2, 0.25) is 0 Å². The second kappa shape index (κ2) is 56.1. The van der Waals surface area contributed by atoms with Crippen LogP contribution in [-0.2, 0) is 65.4 Å². The molecule has 3 N–H and O–H groups in total. The highest BCUT2D eigenvalue weighted by Gasteiger charge is 2.30. The Morgan fingerprint density at radius 3 is 0.835 bits per heavy atom. The fourth-order valence-corrected chi connectivity index (χ4v) is 11.3. The third kappa shape index (κ3) is 58.2. The van der Waals surface area contributed by atoms with E-state index in [1.165, 1.54) is 116 Å². The van der Waals surface area contributed by atoms with Crippen LogP contribution in [0.15, 0.2) is 0 Å². The smallest absolute Gasteiger partial charge is 0.462 e. The minimum absolute atomic E-state index is 0.102. The van der Waals surface area contributed by atoms with E-state index in [1.807, 2.05) is 0 Å². The molecule has 0 aliphatic heterocycles. The zero-order valence-electron chi connectivity index (χ0n) is 55.2. The van der Waals surface area contributed by atoms with Crippen LogP contribution in [-0.4, -0.2) is 96.7 Å². The molecule has 0 aliphatic carbocycles. The Balaban J connectivity index is 5.26. The standard InChI is InChI=1S/C66H128O17P2/c1-9-58(7)44-36-28-19-13-11-12-14-22-32-40-48-65(70)82-61(52-76-63(68)46-38-30-21-16-15-20-29-37-45-59(8)10-2)54-80-84(72,73)78-50-60(67)51-79-85(74,75)81-55-62(53-77-64(69)47-39-31-25-24-27-35-43-57(5)6)83-66(71)49-41-33-23-17-18-26-34-42-56(3)4/h56-62,67H,9-55H2,1-8H3,(H,72,73)(H,74,75)/t58?,59?,60-,61-,62-/m1/s1. The van der Waals surface area contributed by atoms with E-state index in [0.29, 0.717) is 37.5 Å². The van der Waals surface area contributed by atoms with Crippen molar-refractivity contribution in [2.45, 2.75) is 337 Å². The molecule has 0 bridgehead atoms. The lowest BCUT2D eigenvalue weighted by Crippen LogP contribution is -2.30. The minimum Gasteiger partial charge on any atom is -0.462 e. The molecule has 0 fully saturated rings. The van der Waals surface area contributed by atoms with Gasteiger partial charge in [0.15, 0.2) is 12.2 Å². The molecular formula is C66H128O17P2. The minimum atomic E-state index is -4.95. The van der Waals surface area contributed by atoms with Gasteiger partial charge in [0.05, 0.1) is 26.4 Å². The highest BCUT2D eigenvalue weighted by atomic mass is 31.2. The lowest BCUT2D eigenvalue weighted by atomic mass is 9.99. The second-order valence-corrected chi connectivity index (χ2v) is 28.2. The summed E-state index contributed by atoms with van der Waals surface area (Å²) in [5.74, 6) is 0.817. The summed E-state index contributed by atoms with van der Waals surface area (Å²) in [6.07, 6.45) is 36.3. The molecule has 504 valence electrons. The van der Waals surface area contributed by atoms with Gasteiger partial charge in [-0.15, -0.1) is 0 Å². The Kier molecular flexibility index (Phi) is 54.8. The van der Waals surface area contributed by atoms with Crippen molar-refractivity contribution in [3.05, 3.63) is 0 Å². The van der Waals surface area contributed by atoms with E-state index in [2.05, 4.69) is 55.4 Å². The molecule has 0 spiro atoms. The van der Waals surface area contributed by atoms with E-state index >= 15 is 0 Å². The number of hydrogen-bond donors (Lipinski definition) is 3. The number of carbonyl (C=O) groups is 4. The molecule has 0 heterocycles. The third-order valence-electron chi connectivity index (χ3n) is 15.8. The van der Waals surface area contributed by atoms with Gasteiger partial charge in [-0.1, -0.05) is 267 Å². The van der Waals surface area contributed by atoms with Gasteiger partial charge in [0.1, 0.15) is 19.3 Å². The summed E-state index contributed by atoms with van der Waals surface area (Å²) in [6.45, 7) is 14.0. The fourth-order valence-electron chi connectivity index (χ4n) is 9.72. The monoisotopic (exact) mass is 1250 g/mol. The molecular weight excluding hydrogens is 1130 g/mol. The van der Waals surface area contributed by atoms with Gasteiger partial charge in [0, 0.05) is 25.7 Å². The Morgan fingerprint density at radius 2 is 0.565 bits per heavy atom. The van der Waals surface area contributed by atoms with Gasteiger partial charge in [-0.05, 0) is 49.4 Å². The van der Waals surface area contributed by atoms with Gasteiger partial charge in [-0.2, -0.15) is 0 Å². The van der Waals surface area contributed by atoms with Crippen LogP contribution in [0.4, 0.5) is 0 Å². The van der Waals surface area contributed by atoms with Gasteiger partial charge in [-0.3, -0.25) is 37.3 Å². The molecule has 0 saturated carbocycles. The summed E-state index contributed by atoms with van der Waals surface area (Å²) in [5, 5.41) is 10.5. The Morgan fingerprint density at radius 1 is 0.329 bits per heavy atom. The first-order valence-corrected chi connectivity index (χ1v) is 37.3. The summed E-state index contributed by atoms with van der Waals surface area (Å²) >= 11 is 0. The van der Waals surface area contributed by atoms with Crippen molar-refractivity contribution in [1.82, 2.24) is 0 Å². The van der Waals surface area contributed by atoms with Crippen molar-refractivity contribution in [3.8, 4) is 0 Å². The second-order valence-electron chi connectivity index (χ2n) is 25.3.